The van der Waals surface area contributed by atoms with Gasteiger partial charge in [-0.05, 0) is 49.8 Å². The predicted octanol–water partition coefficient (Wildman–Crippen LogP) is 2.92. The lowest BCUT2D eigenvalue weighted by atomic mass is 10.2. The van der Waals surface area contributed by atoms with Gasteiger partial charge in [0.15, 0.2) is 0 Å². The summed E-state index contributed by atoms with van der Waals surface area (Å²) < 4.78 is 0. The first kappa shape index (κ1) is 20.6. The van der Waals surface area contributed by atoms with Crippen molar-refractivity contribution in [3.05, 3.63) is 75.8 Å². The standard InChI is InChI=1S/C20H22N4O4/c1-3-23(4-2)17-11-9-16(10-12-17)20(26)22-21-19(25)13-8-15-6-5-7-18(14-15)24(27)28/h5-14H,3-4H2,1-2H3,(H,21,25)(H,22,26)/b13-8+. The highest BCUT2D eigenvalue weighted by molar-refractivity contribution is 5.98. The predicted molar refractivity (Wildman–Crippen MR) is 108 cm³/mol. The second-order valence-electron chi connectivity index (χ2n) is 5.85. The summed E-state index contributed by atoms with van der Waals surface area (Å²) in [5, 5.41) is 10.7. The Bertz CT molecular complexity index is 874. The zero-order valence-corrected chi connectivity index (χ0v) is 15.7. The maximum absolute atomic E-state index is 12.1. The van der Waals surface area contributed by atoms with Gasteiger partial charge in [-0.25, -0.2) is 0 Å². The summed E-state index contributed by atoms with van der Waals surface area (Å²) in [5.41, 5.74) is 6.48. The Morgan fingerprint density at radius 1 is 1.07 bits per heavy atom. The van der Waals surface area contributed by atoms with Crippen LogP contribution in [0.4, 0.5) is 11.4 Å². The molecule has 0 spiro atoms. The summed E-state index contributed by atoms with van der Waals surface area (Å²) in [4.78, 5) is 36.4. The lowest BCUT2D eigenvalue weighted by Gasteiger charge is -2.21. The highest BCUT2D eigenvalue weighted by Crippen LogP contribution is 2.15. The van der Waals surface area contributed by atoms with Gasteiger partial charge in [0.2, 0.25) is 0 Å². The minimum atomic E-state index is -0.556. The van der Waals surface area contributed by atoms with Gasteiger partial charge in [-0.2, -0.15) is 0 Å². The first-order valence-corrected chi connectivity index (χ1v) is 8.82. The van der Waals surface area contributed by atoms with E-state index in [4.69, 9.17) is 0 Å². The van der Waals surface area contributed by atoms with E-state index in [9.17, 15) is 19.7 Å². The third kappa shape index (κ3) is 5.66. The van der Waals surface area contributed by atoms with Gasteiger partial charge in [-0.15, -0.1) is 0 Å². The smallest absolute Gasteiger partial charge is 0.270 e. The highest BCUT2D eigenvalue weighted by atomic mass is 16.6. The normalized spacial score (nSPS) is 10.5. The summed E-state index contributed by atoms with van der Waals surface area (Å²) in [6.45, 7) is 5.85. The van der Waals surface area contributed by atoms with Gasteiger partial charge in [0.1, 0.15) is 0 Å². The molecule has 0 fully saturated rings. The zero-order chi connectivity index (χ0) is 20.5. The Labute approximate surface area is 163 Å². The molecule has 0 bridgehead atoms. The van der Waals surface area contributed by atoms with E-state index in [-0.39, 0.29) is 5.69 Å². The van der Waals surface area contributed by atoms with Crippen molar-refractivity contribution >= 4 is 29.3 Å². The second kappa shape index (κ2) is 9.86. The van der Waals surface area contributed by atoms with Crippen LogP contribution in [-0.4, -0.2) is 29.8 Å². The Morgan fingerprint density at radius 3 is 2.36 bits per heavy atom. The monoisotopic (exact) mass is 382 g/mol. The molecule has 0 unspecified atom stereocenters. The number of nitrogens with one attached hydrogen (secondary N) is 2. The van der Waals surface area contributed by atoms with Crippen LogP contribution in [0, 0.1) is 10.1 Å². The van der Waals surface area contributed by atoms with E-state index in [1.807, 2.05) is 12.1 Å². The van der Waals surface area contributed by atoms with Crippen molar-refractivity contribution in [3.8, 4) is 0 Å². The topological polar surface area (TPSA) is 105 Å². The molecule has 8 nitrogen and oxygen atoms in total. The van der Waals surface area contributed by atoms with Crippen LogP contribution in [-0.2, 0) is 4.79 Å². The van der Waals surface area contributed by atoms with E-state index >= 15 is 0 Å². The largest absolute Gasteiger partial charge is 0.372 e. The lowest BCUT2D eigenvalue weighted by Crippen LogP contribution is -2.40. The number of hydrazine groups is 1. The molecule has 146 valence electrons. The molecular weight excluding hydrogens is 360 g/mol. The second-order valence-corrected chi connectivity index (χ2v) is 5.85. The van der Waals surface area contributed by atoms with Crippen molar-refractivity contribution in [1.82, 2.24) is 10.9 Å². The van der Waals surface area contributed by atoms with Crippen LogP contribution in [0.25, 0.3) is 6.08 Å². The minimum absolute atomic E-state index is 0.0657. The molecule has 0 radical (unpaired) electrons. The van der Waals surface area contributed by atoms with Gasteiger partial charge in [0.25, 0.3) is 17.5 Å². The fourth-order valence-corrected chi connectivity index (χ4v) is 2.56. The first-order valence-electron chi connectivity index (χ1n) is 8.82. The summed E-state index contributed by atoms with van der Waals surface area (Å²) >= 11 is 0. The van der Waals surface area contributed by atoms with Gasteiger partial charge in [0, 0.05) is 42.5 Å². The van der Waals surface area contributed by atoms with E-state index in [2.05, 4.69) is 29.6 Å². The Morgan fingerprint density at radius 2 is 1.75 bits per heavy atom. The number of nitro benzene ring substituents is 1. The van der Waals surface area contributed by atoms with Crippen molar-refractivity contribution in [1.29, 1.82) is 0 Å². The molecule has 0 aliphatic heterocycles. The average Bonchev–Trinajstić information content (AvgIpc) is 2.72. The van der Waals surface area contributed by atoms with E-state index in [1.54, 1.807) is 18.2 Å². The van der Waals surface area contributed by atoms with Crippen LogP contribution in [0.2, 0.25) is 0 Å². The van der Waals surface area contributed by atoms with Gasteiger partial charge >= 0.3 is 0 Å². The number of benzene rings is 2. The first-order chi connectivity index (χ1) is 13.4. The Balaban J connectivity index is 1.90. The molecule has 2 rings (SSSR count). The molecule has 0 aliphatic carbocycles. The van der Waals surface area contributed by atoms with Crippen LogP contribution in [0.3, 0.4) is 0 Å². The summed E-state index contributed by atoms with van der Waals surface area (Å²) in [7, 11) is 0. The maximum atomic E-state index is 12.1. The quantitative estimate of drug-likeness (QED) is 0.435. The molecule has 28 heavy (non-hydrogen) atoms. The van der Waals surface area contributed by atoms with E-state index < -0.39 is 16.7 Å². The minimum Gasteiger partial charge on any atom is -0.372 e. The number of nitro groups is 1. The number of hydrogen-bond donors (Lipinski definition) is 2. The SMILES string of the molecule is CCN(CC)c1ccc(C(=O)NNC(=O)/C=C/c2cccc([N+](=O)[O-])c2)cc1. The van der Waals surface area contributed by atoms with E-state index in [1.165, 1.54) is 30.4 Å². The van der Waals surface area contributed by atoms with Gasteiger partial charge in [-0.3, -0.25) is 30.6 Å². The van der Waals surface area contributed by atoms with Gasteiger partial charge in [0.05, 0.1) is 4.92 Å². The molecule has 0 saturated carbocycles. The third-order valence-electron chi connectivity index (χ3n) is 4.07. The molecular formula is C20H22N4O4. The maximum Gasteiger partial charge on any atom is 0.270 e. The molecule has 2 N–H and O–H groups in total. The van der Waals surface area contributed by atoms with Crippen LogP contribution in [0.15, 0.2) is 54.6 Å². The van der Waals surface area contributed by atoms with Crippen LogP contribution < -0.4 is 15.8 Å². The average molecular weight is 382 g/mol. The number of nitrogens with zero attached hydrogens (tertiary/aromatic N) is 2. The van der Waals surface area contributed by atoms with Crippen molar-refractivity contribution in [2.24, 2.45) is 0 Å². The van der Waals surface area contributed by atoms with Crippen molar-refractivity contribution in [2.45, 2.75) is 13.8 Å². The molecule has 0 heterocycles. The fourth-order valence-electron chi connectivity index (χ4n) is 2.56. The Hall–Kier alpha value is -3.68. The number of carbonyl (C=O) groups is 2. The van der Waals surface area contributed by atoms with E-state index in [0.717, 1.165) is 18.8 Å². The van der Waals surface area contributed by atoms with Crippen LogP contribution in [0.1, 0.15) is 29.8 Å². The number of rotatable bonds is 7. The lowest BCUT2D eigenvalue weighted by molar-refractivity contribution is -0.384. The number of carbonyl (C=O) groups excluding carboxylic acids is 2. The Kier molecular flexibility index (Phi) is 7.27. The molecule has 0 atom stereocenters. The molecule has 2 aromatic carbocycles. The fraction of sp³-hybridized carbons (Fsp3) is 0.200. The molecule has 2 amide bonds. The molecule has 0 aromatic heterocycles. The van der Waals surface area contributed by atoms with Crippen LogP contribution in [0.5, 0.6) is 0 Å². The molecule has 0 saturated heterocycles. The molecule has 8 heteroatoms. The number of non-ortho nitro benzene ring substituents is 1. The zero-order valence-electron chi connectivity index (χ0n) is 15.7. The van der Waals surface area contributed by atoms with Crippen molar-refractivity contribution < 1.29 is 14.5 Å². The summed E-state index contributed by atoms with van der Waals surface area (Å²) in [6, 6.07) is 13.0. The summed E-state index contributed by atoms with van der Waals surface area (Å²) in [5.74, 6) is -0.997. The number of amides is 2. The summed E-state index contributed by atoms with van der Waals surface area (Å²) in [6.07, 6.45) is 2.61. The third-order valence-corrected chi connectivity index (χ3v) is 4.07. The number of anilines is 1. The van der Waals surface area contributed by atoms with Crippen molar-refractivity contribution in [2.75, 3.05) is 18.0 Å². The van der Waals surface area contributed by atoms with E-state index in [0.29, 0.717) is 11.1 Å². The molecule has 0 aliphatic rings. The van der Waals surface area contributed by atoms with Crippen LogP contribution >= 0.6 is 0 Å². The van der Waals surface area contributed by atoms with Gasteiger partial charge < -0.3 is 4.90 Å². The molecule has 2 aromatic rings. The van der Waals surface area contributed by atoms with Gasteiger partial charge in [-0.1, -0.05) is 12.1 Å². The number of hydrogen-bond acceptors (Lipinski definition) is 5. The van der Waals surface area contributed by atoms with Crippen molar-refractivity contribution in [3.63, 3.8) is 0 Å². The highest BCUT2D eigenvalue weighted by Gasteiger charge is 2.08.